The molecule has 1 heteroatoms. The van der Waals surface area contributed by atoms with Crippen molar-refractivity contribution in [1.29, 1.82) is 0 Å². The van der Waals surface area contributed by atoms with Crippen LogP contribution in [-0.4, -0.2) is 11.2 Å². The third-order valence-corrected chi connectivity index (χ3v) is 3.59. The lowest BCUT2D eigenvalue weighted by Gasteiger charge is -2.40. The number of fused-ring (bicyclic) bond motifs is 1. The second kappa shape index (κ2) is 2.88. The summed E-state index contributed by atoms with van der Waals surface area (Å²) in [5.74, 6) is 0. The van der Waals surface area contributed by atoms with Gasteiger partial charge in [0.25, 0.3) is 0 Å². The lowest BCUT2D eigenvalue weighted by Crippen LogP contribution is -2.29. The van der Waals surface area contributed by atoms with Crippen LogP contribution in [0.1, 0.15) is 45.4 Å². The van der Waals surface area contributed by atoms with E-state index in [0.717, 1.165) is 6.42 Å². The average molecular weight is 166 g/mol. The average Bonchev–Trinajstić information content (AvgIpc) is 2.06. The minimum atomic E-state index is -0.147. The van der Waals surface area contributed by atoms with Crippen molar-refractivity contribution in [3.05, 3.63) is 11.6 Å². The zero-order valence-electron chi connectivity index (χ0n) is 7.84. The van der Waals surface area contributed by atoms with E-state index in [1.165, 1.54) is 37.7 Å². The van der Waals surface area contributed by atoms with E-state index in [9.17, 15) is 5.11 Å². The first-order valence-corrected chi connectivity index (χ1v) is 5.10. The van der Waals surface area contributed by atoms with Gasteiger partial charge in [-0.15, -0.1) is 0 Å². The second-order valence-corrected chi connectivity index (χ2v) is 4.57. The molecule has 0 aromatic heterocycles. The molecule has 0 saturated heterocycles. The van der Waals surface area contributed by atoms with Crippen molar-refractivity contribution >= 4 is 0 Å². The van der Waals surface area contributed by atoms with Gasteiger partial charge in [0.1, 0.15) is 0 Å². The molecule has 0 radical (unpaired) electrons. The maximum absolute atomic E-state index is 9.49. The number of aliphatic hydroxyl groups is 1. The van der Waals surface area contributed by atoms with E-state index >= 15 is 0 Å². The van der Waals surface area contributed by atoms with E-state index in [4.69, 9.17) is 0 Å². The van der Waals surface area contributed by atoms with Crippen molar-refractivity contribution in [3.8, 4) is 0 Å². The molecular weight excluding hydrogens is 148 g/mol. The highest BCUT2D eigenvalue weighted by Gasteiger charge is 2.34. The fourth-order valence-electron chi connectivity index (χ4n) is 2.65. The summed E-state index contributed by atoms with van der Waals surface area (Å²) in [7, 11) is 0. The first-order chi connectivity index (χ1) is 5.71. The monoisotopic (exact) mass is 166 g/mol. The van der Waals surface area contributed by atoms with Crippen LogP contribution in [0.25, 0.3) is 0 Å². The highest BCUT2D eigenvalue weighted by molar-refractivity contribution is 5.20. The Labute approximate surface area is 74.5 Å². The van der Waals surface area contributed by atoms with Crippen LogP contribution in [0.15, 0.2) is 11.6 Å². The quantitative estimate of drug-likeness (QED) is 0.548. The molecule has 1 saturated carbocycles. The molecule has 2 atom stereocenters. The molecule has 2 rings (SSSR count). The molecule has 2 aliphatic carbocycles. The van der Waals surface area contributed by atoms with Crippen molar-refractivity contribution in [1.82, 2.24) is 0 Å². The van der Waals surface area contributed by atoms with Crippen LogP contribution >= 0.6 is 0 Å². The molecule has 1 unspecified atom stereocenters. The Morgan fingerprint density at radius 3 is 3.08 bits per heavy atom. The van der Waals surface area contributed by atoms with Gasteiger partial charge in [-0.05, 0) is 37.5 Å². The van der Waals surface area contributed by atoms with E-state index in [-0.39, 0.29) is 6.10 Å². The smallest absolute Gasteiger partial charge is 0.0724 e. The SMILES string of the molecule is C[C@]12CCCCC1=CC(O)CC2. The summed E-state index contributed by atoms with van der Waals surface area (Å²) in [5.41, 5.74) is 1.99. The van der Waals surface area contributed by atoms with Gasteiger partial charge in [-0.25, -0.2) is 0 Å². The zero-order valence-corrected chi connectivity index (χ0v) is 7.84. The van der Waals surface area contributed by atoms with Crippen LogP contribution < -0.4 is 0 Å². The summed E-state index contributed by atoms with van der Waals surface area (Å²) in [6, 6.07) is 0. The van der Waals surface area contributed by atoms with Gasteiger partial charge >= 0.3 is 0 Å². The number of allylic oxidation sites excluding steroid dienone is 1. The summed E-state index contributed by atoms with van der Waals surface area (Å²) >= 11 is 0. The maximum Gasteiger partial charge on any atom is 0.0724 e. The minimum Gasteiger partial charge on any atom is -0.389 e. The largest absolute Gasteiger partial charge is 0.389 e. The van der Waals surface area contributed by atoms with Crippen molar-refractivity contribution in [2.75, 3.05) is 0 Å². The maximum atomic E-state index is 9.49. The molecule has 0 aliphatic heterocycles. The van der Waals surface area contributed by atoms with Gasteiger partial charge < -0.3 is 5.11 Å². The zero-order chi connectivity index (χ0) is 8.60. The molecule has 0 heterocycles. The van der Waals surface area contributed by atoms with Crippen LogP contribution in [0.5, 0.6) is 0 Å². The number of rotatable bonds is 0. The third kappa shape index (κ3) is 1.31. The summed E-state index contributed by atoms with van der Waals surface area (Å²) in [6.07, 6.45) is 9.41. The fraction of sp³-hybridized carbons (Fsp3) is 0.818. The summed E-state index contributed by atoms with van der Waals surface area (Å²) < 4.78 is 0. The van der Waals surface area contributed by atoms with Gasteiger partial charge in [0.05, 0.1) is 6.10 Å². The van der Waals surface area contributed by atoms with Crippen molar-refractivity contribution in [2.24, 2.45) is 5.41 Å². The molecule has 1 nitrogen and oxygen atoms in total. The normalized spacial score (nSPS) is 41.8. The molecule has 2 aliphatic rings. The predicted octanol–water partition coefficient (Wildman–Crippen LogP) is 2.65. The lowest BCUT2D eigenvalue weighted by molar-refractivity contribution is 0.152. The van der Waals surface area contributed by atoms with Crippen molar-refractivity contribution in [2.45, 2.75) is 51.6 Å². The molecule has 68 valence electrons. The lowest BCUT2D eigenvalue weighted by atomic mass is 9.66. The number of aliphatic hydroxyl groups excluding tert-OH is 1. The Balaban J connectivity index is 2.23. The fourth-order valence-corrected chi connectivity index (χ4v) is 2.65. The Bertz CT molecular complexity index is 207. The first-order valence-electron chi connectivity index (χ1n) is 5.10. The van der Waals surface area contributed by atoms with Crippen LogP contribution in [0.4, 0.5) is 0 Å². The predicted molar refractivity (Wildman–Crippen MR) is 49.9 cm³/mol. The Hall–Kier alpha value is -0.300. The van der Waals surface area contributed by atoms with E-state index in [0.29, 0.717) is 5.41 Å². The molecule has 0 bridgehead atoms. The topological polar surface area (TPSA) is 20.2 Å². The molecular formula is C11H18O. The van der Waals surface area contributed by atoms with Gasteiger partial charge in [-0.2, -0.15) is 0 Å². The molecule has 12 heavy (non-hydrogen) atoms. The Morgan fingerprint density at radius 1 is 1.42 bits per heavy atom. The summed E-state index contributed by atoms with van der Waals surface area (Å²) in [6.45, 7) is 2.36. The third-order valence-electron chi connectivity index (χ3n) is 3.59. The van der Waals surface area contributed by atoms with Crippen LogP contribution in [0.2, 0.25) is 0 Å². The number of hydrogen-bond donors (Lipinski definition) is 1. The van der Waals surface area contributed by atoms with Gasteiger partial charge in [0, 0.05) is 0 Å². The molecule has 1 N–H and O–H groups in total. The van der Waals surface area contributed by atoms with Crippen molar-refractivity contribution in [3.63, 3.8) is 0 Å². The van der Waals surface area contributed by atoms with Gasteiger partial charge in [-0.1, -0.05) is 25.0 Å². The highest BCUT2D eigenvalue weighted by Crippen LogP contribution is 2.46. The molecule has 1 fully saturated rings. The van der Waals surface area contributed by atoms with Crippen molar-refractivity contribution < 1.29 is 5.11 Å². The second-order valence-electron chi connectivity index (χ2n) is 4.57. The van der Waals surface area contributed by atoms with Gasteiger partial charge in [0.15, 0.2) is 0 Å². The van der Waals surface area contributed by atoms with E-state index < -0.39 is 0 Å². The van der Waals surface area contributed by atoms with Crippen LogP contribution in [0.3, 0.4) is 0 Å². The van der Waals surface area contributed by atoms with E-state index in [1.807, 2.05) is 0 Å². The van der Waals surface area contributed by atoms with E-state index in [2.05, 4.69) is 13.0 Å². The Morgan fingerprint density at radius 2 is 2.25 bits per heavy atom. The summed E-state index contributed by atoms with van der Waals surface area (Å²) in [5, 5.41) is 9.49. The van der Waals surface area contributed by atoms with Crippen LogP contribution in [0, 0.1) is 5.41 Å². The standard InChI is InChI=1S/C11H18O/c1-11-6-3-2-4-9(11)8-10(12)5-7-11/h8,10,12H,2-7H2,1H3/t10?,11-/m1/s1. The first kappa shape index (κ1) is 8.31. The molecule has 0 amide bonds. The highest BCUT2D eigenvalue weighted by atomic mass is 16.3. The van der Waals surface area contributed by atoms with Crippen LogP contribution in [-0.2, 0) is 0 Å². The number of hydrogen-bond acceptors (Lipinski definition) is 1. The summed E-state index contributed by atoms with van der Waals surface area (Å²) in [4.78, 5) is 0. The molecule has 0 aromatic rings. The van der Waals surface area contributed by atoms with Gasteiger partial charge in [0.2, 0.25) is 0 Å². The van der Waals surface area contributed by atoms with E-state index in [1.54, 1.807) is 0 Å². The molecule has 0 aromatic carbocycles. The van der Waals surface area contributed by atoms with Gasteiger partial charge in [-0.3, -0.25) is 0 Å². The molecule has 0 spiro atoms. The minimum absolute atomic E-state index is 0.147. The Kier molecular flexibility index (Phi) is 1.99.